The molecule has 2 heterocycles. The molecule has 6 nitrogen and oxygen atoms in total. The molecule has 2 aromatic rings. The Hall–Kier alpha value is -2.54. The first kappa shape index (κ1) is 23.1. The fourth-order valence-electron chi connectivity index (χ4n) is 3.62. The van der Waals surface area contributed by atoms with Crippen LogP contribution >= 0.6 is 11.3 Å². The summed E-state index contributed by atoms with van der Waals surface area (Å²) in [7, 11) is 0. The molecule has 0 unspecified atom stereocenters. The minimum atomic E-state index is -0.00704. The third kappa shape index (κ3) is 7.28. The molecule has 7 heteroatoms. The summed E-state index contributed by atoms with van der Waals surface area (Å²) in [5.74, 6) is 0.853. The Morgan fingerprint density at radius 3 is 2.55 bits per heavy atom. The highest BCUT2D eigenvalue weighted by molar-refractivity contribution is 7.14. The fourth-order valence-corrected chi connectivity index (χ4v) is 4.41. The molecule has 0 spiro atoms. The maximum Gasteiger partial charge on any atom is 0.251 e. The number of amides is 1. The summed E-state index contributed by atoms with van der Waals surface area (Å²) in [6, 6.07) is 12.5. The van der Waals surface area contributed by atoms with Crippen LogP contribution in [0.1, 0.15) is 55.5 Å². The second-order valence-corrected chi connectivity index (χ2v) is 8.78. The van der Waals surface area contributed by atoms with Crippen LogP contribution in [-0.2, 0) is 6.54 Å². The average molecular weight is 442 g/mol. The van der Waals surface area contributed by atoms with Crippen LogP contribution in [0.2, 0.25) is 0 Å². The number of nitrogens with one attached hydrogen (secondary N) is 3. The number of benzene rings is 1. The molecule has 0 radical (unpaired) electrons. The highest BCUT2D eigenvalue weighted by Gasteiger charge is 2.20. The van der Waals surface area contributed by atoms with Gasteiger partial charge in [0.05, 0.1) is 11.5 Å². The van der Waals surface area contributed by atoms with Crippen molar-refractivity contribution in [3.8, 4) is 0 Å². The van der Waals surface area contributed by atoms with Gasteiger partial charge in [-0.05, 0) is 61.4 Å². The number of carbonyl (C=O) groups is 1. The molecular weight excluding hydrogens is 406 g/mol. The number of thiophene rings is 1. The summed E-state index contributed by atoms with van der Waals surface area (Å²) >= 11 is 1.81. The number of hydrogen-bond acceptors (Lipinski definition) is 4. The number of piperidine rings is 1. The zero-order valence-corrected chi connectivity index (χ0v) is 19.5. The molecule has 1 aromatic heterocycles. The van der Waals surface area contributed by atoms with E-state index in [-0.39, 0.29) is 5.91 Å². The smallest absolute Gasteiger partial charge is 0.251 e. The van der Waals surface area contributed by atoms with Crippen LogP contribution in [-0.4, -0.2) is 44.1 Å². The van der Waals surface area contributed by atoms with E-state index in [0.717, 1.165) is 63.4 Å². The summed E-state index contributed by atoms with van der Waals surface area (Å²) in [5.41, 5.74) is 1.79. The molecule has 168 valence electrons. The normalized spacial score (nSPS) is 15.0. The van der Waals surface area contributed by atoms with E-state index >= 15 is 0 Å². The van der Waals surface area contributed by atoms with Crippen molar-refractivity contribution in [1.82, 2.24) is 16.0 Å². The molecule has 0 atom stereocenters. The number of nitrogens with zero attached hydrogens (tertiary/aromatic N) is 2. The van der Waals surface area contributed by atoms with Gasteiger partial charge < -0.3 is 20.9 Å². The number of guanidine groups is 1. The van der Waals surface area contributed by atoms with Gasteiger partial charge in [-0.1, -0.05) is 25.5 Å². The van der Waals surface area contributed by atoms with Crippen molar-refractivity contribution in [3.63, 3.8) is 0 Å². The van der Waals surface area contributed by atoms with Crippen LogP contribution in [0.15, 0.2) is 46.8 Å². The van der Waals surface area contributed by atoms with Crippen molar-refractivity contribution in [3.05, 3.63) is 52.9 Å². The van der Waals surface area contributed by atoms with Gasteiger partial charge in [-0.25, -0.2) is 4.99 Å². The molecule has 0 aliphatic carbocycles. The van der Waals surface area contributed by atoms with E-state index in [1.54, 1.807) is 0 Å². The van der Waals surface area contributed by atoms with Gasteiger partial charge in [0.1, 0.15) is 0 Å². The summed E-state index contributed by atoms with van der Waals surface area (Å²) in [4.78, 5) is 19.4. The van der Waals surface area contributed by atoms with E-state index in [1.165, 1.54) is 5.00 Å². The third-order valence-electron chi connectivity index (χ3n) is 5.45. The minimum absolute atomic E-state index is 0.00704. The van der Waals surface area contributed by atoms with Gasteiger partial charge in [-0.2, -0.15) is 0 Å². The first-order chi connectivity index (χ1) is 15.2. The molecule has 0 bridgehead atoms. The van der Waals surface area contributed by atoms with Gasteiger partial charge in [0.15, 0.2) is 5.96 Å². The number of rotatable bonds is 9. The largest absolute Gasteiger partial charge is 0.363 e. The SMILES string of the molecule is CCCCNC(=O)c1ccc(CN=C(NCC)NC2CCN(c3cccs3)CC2)cc1. The van der Waals surface area contributed by atoms with Crippen LogP contribution in [0.25, 0.3) is 0 Å². The Morgan fingerprint density at radius 1 is 1.13 bits per heavy atom. The predicted molar refractivity (Wildman–Crippen MR) is 131 cm³/mol. The summed E-state index contributed by atoms with van der Waals surface area (Å²) in [6.07, 6.45) is 4.28. The lowest BCUT2D eigenvalue weighted by molar-refractivity contribution is 0.0953. The highest BCUT2D eigenvalue weighted by Crippen LogP contribution is 2.24. The predicted octanol–water partition coefficient (Wildman–Crippen LogP) is 4.00. The van der Waals surface area contributed by atoms with E-state index in [4.69, 9.17) is 4.99 Å². The van der Waals surface area contributed by atoms with Gasteiger partial charge in [0, 0.05) is 37.8 Å². The van der Waals surface area contributed by atoms with Gasteiger partial charge in [0.2, 0.25) is 0 Å². The van der Waals surface area contributed by atoms with Crippen molar-refractivity contribution in [1.29, 1.82) is 0 Å². The van der Waals surface area contributed by atoms with Crippen LogP contribution in [0, 0.1) is 0 Å². The van der Waals surface area contributed by atoms with Gasteiger partial charge >= 0.3 is 0 Å². The highest BCUT2D eigenvalue weighted by atomic mass is 32.1. The maximum absolute atomic E-state index is 12.1. The summed E-state index contributed by atoms with van der Waals surface area (Å²) < 4.78 is 0. The lowest BCUT2D eigenvalue weighted by Gasteiger charge is -2.33. The molecule has 3 rings (SSSR count). The lowest BCUT2D eigenvalue weighted by Crippen LogP contribution is -2.48. The number of carbonyl (C=O) groups excluding carboxylic acids is 1. The van der Waals surface area contributed by atoms with Gasteiger partial charge in [0.25, 0.3) is 5.91 Å². The van der Waals surface area contributed by atoms with E-state index in [1.807, 2.05) is 35.6 Å². The topological polar surface area (TPSA) is 68.8 Å². The summed E-state index contributed by atoms with van der Waals surface area (Å²) in [6.45, 7) is 8.48. The van der Waals surface area contributed by atoms with E-state index in [9.17, 15) is 4.79 Å². The molecule has 1 fully saturated rings. The third-order valence-corrected chi connectivity index (χ3v) is 6.38. The lowest BCUT2D eigenvalue weighted by atomic mass is 10.1. The van der Waals surface area contributed by atoms with Gasteiger partial charge in [-0.3, -0.25) is 4.79 Å². The maximum atomic E-state index is 12.1. The van der Waals surface area contributed by atoms with Crippen LogP contribution < -0.4 is 20.9 Å². The number of anilines is 1. The second kappa shape index (κ2) is 12.3. The van der Waals surface area contributed by atoms with Crippen LogP contribution in [0.4, 0.5) is 5.00 Å². The Balaban J connectivity index is 1.49. The van der Waals surface area contributed by atoms with Crippen molar-refractivity contribution >= 4 is 28.2 Å². The molecule has 3 N–H and O–H groups in total. The van der Waals surface area contributed by atoms with Crippen LogP contribution in [0.5, 0.6) is 0 Å². The Morgan fingerprint density at radius 2 is 1.90 bits per heavy atom. The fraction of sp³-hybridized carbons (Fsp3) is 0.500. The Bertz CT molecular complexity index is 811. The number of unbranched alkanes of at least 4 members (excludes halogenated alkanes) is 1. The zero-order chi connectivity index (χ0) is 21.9. The Labute approximate surface area is 190 Å². The van der Waals surface area contributed by atoms with Crippen LogP contribution in [0.3, 0.4) is 0 Å². The molecule has 31 heavy (non-hydrogen) atoms. The second-order valence-electron chi connectivity index (χ2n) is 7.86. The summed E-state index contributed by atoms with van der Waals surface area (Å²) in [5, 5.41) is 13.4. The van der Waals surface area contributed by atoms with Crippen molar-refractivity contribution < 1.29 is 4.79 Å². The monoisotopic (exact) mass is 441 g/mol. The first-order valence-electron chi connectivity index (χ1n) is 11.4. The molecule has 1 amide bonds. The van der Waals surface area contributed by atoms with Crippen molar-refractivity contribution in [2.45, 2.75) is 52.1 Å². The zero-order valence-electron chi connectivity index (χ0n) is 18.7. The van der Waals surface area contributed by atoms with E-state index in [0.29, 0.717) is 18.2 Å². The molecule has 1 aliphatic rings. The van der Waals surface area contributed by atoms with Gasteiger partial charge in [-0.15, -0.1) is 11.3 Å². The molecule has 1 saturated heterocycles. The van der Waals surface area contributed by atoms with E-state index < -0.39 is 0 Å². The Kier molecular flexibility index (Phi) is 9.21. The molecule has 0 saturated carbocycles. The van der Waals surface area contributed by atoms with Crippen molar-refractivity contribution in [2.24, 2.45) is 4.99 Å². The molecular formula is C24H35N5OS. The first-order valence-corrected chi connectivity index (χ1v) is 12.3. The number of aliphatic imine (C=N–C) groups is 1. The number of hydrogen-bond donors (Lipinski definition) is 3. The molecule has 1 aliphatic heterocycles. The quantitative estimate of drug-likeness (QED) is 0.313. The minimum Gasteiger partial charge on any atom is -0.363 e. The van der Waals surface area contributed by atoms with E-state index in [2.05, 4.69) is 52.2 Å². The average Bonchev–Trinajstić information content (AvgIpc) is 3.33. The molecule has 1 aromatic carbocycles. The standard InChI is InChI=1S/C24H35N5OS/c1-3-5-14-26-23(30)20-10-8-19(9-11-20)18-27-24(25-4-2)28-21-12-15-29(16-13-21)22-7-6-17-31-22/h6-11,17,21H,3-5,12-16,18H2,1-2H3,(H,26,30)(H2,25,27,28). The van der Waals surface area contributed by atoms with Crippen molar-refractivity contribution in [2.75, 3.05) is 31.1 Å².